The lowest BCUT2D eigenvalue weighted by Gasteiger charge is -2.46. The number of aromatic nitrogens is 2. The second kappa shape index (κ2) is 10.3. The molecule has 1 atom stereocenters. The minimum absolute atomic E-state index is 0.0597. The standard InChI is InChI=1S/C26H26F7N3O3/c1-13(16-5-15(27)6-18(22(16)28)26(31,32)33)34-23-17-7-21(20(38-4)8-19(17)35-14(2)36-23)39-12-24(11-37-3)9-25(29,30)10-24/h5-8,13H,9-12H2,1-4H3,(H,34,35,36)/t13-/m1/s1. The molecular weight excluding hydrogens is 535 g/mol. The molecule has 0 aliphatic heterocycles. The second-order valence-electron chi connectivity index (χ2n) is 9.79. The van der Waals surface area contributed by atoms with E-state index in [4.69, 9.17) is 14.2 Å². The SMILES string of the molecule is COCC1(COc2cc3c(N[C@H](C)c4cc(F)cc(C(F)(F)F)c4F)nc(C)nc3cc2OC)CC(F)(F)C1. The van der Waals surface area contributed by atoms with Crippen molar-refractivity contribution in [2.75, 3.05) is 32.8 Å². The molecule has 2 aromatic carbocycles. The molecule has 39 heavy (non-hydrogen) atoms. The summed E-state index contributed by atoms with van der Waals surface area (Å²) in [7, 11) is 2.80. The average molecular weight is 561 g/mol. The molecule has 1 heterocycles. The van der Waals surface area contributed by atoms with Crippen LogP contribution in [0.5, 0.6) is 11.5 Å². The molecule has 1 N–H and O–H groups in total. The number of hydrogen-bond acceptors (Lipinski definition) is 6. The maximum absolute atomic E-state index is 14.8. The molecule has 6 nitrogen and oxygen atoms in total. The Morgan fingerprint density at radius 1 is 1.00 bits per heavy atom. The van der Waals surface area contributed by atoms with E-state index >= 15 is 0 Å². The summed E-state index contributed by atoms with van der Waals surface area (Å²) in [5, 5.41) is 3.17. The molecule has 3 aromatic rings. The van der Waals surface area contributed by atoms with Crippen LogP contribution in [0.15, 0.2) is 24.3 Å². The highest BCUT2D eigenvalue weighted by molar-refractivity contribution is 5.92. The van der Waals surface area contributed by atoms with Crippen LogP contribution >= 0.6 is 0 Å². The van der Waals surface area contributed by atoms with Gasteiger partial charge in [-0.2, -0.15) is 13.2 Å². The Morgan fingerprint density at radius 3 is 2.28 bits per heavy atom. The molecule has 0 saturated heterocycles. The van der Waals surface area contributed by atoms with Crippen molar-refractivity contribution in [1.82, 2.24) is 9.97 Å². The molecule has 212 valence electrons. The molecule has 0 amide bonds. The fraction of sp³-hybridized carbons (Fsp3) is 0.462. The van der Waals surface area contributed by atoms with Crippen molar-refractivity contribution in [1.29, 1.82) is 0 Å². The fourth-order valence-electron chi connectivity index (χ4n) is 4.88. The molecular formula is C26H26F7N3O3. The monoisotopic (exact) mass is 561 g/mol. The van der Waals surface area contributed by atoms with E-state index in [-0.39, 0.29) is 42.4 Å². The highest BCUT2D eigenvalue weighted by Crippen LogP contribution is 2.52. The third-order valence-electron chi connectivity index (χ3n) is 6.54. The molecule has 0 spiro atoms. The van der Waals surface area contributed by atoms with E-state index in [0.29, 0.717) is 17.0 Å². The van der Waals surface area contributed by atoms with Gasteiger partial charge < -0.3 is 19.5 Å². The van der Waals surface area contributed by atoms with Crippen LogP contribution in [-0.2, 0) is 10.9 Å². The van der Waals surface area contributed by atoms with Gasteiger partial charge in [0.25, 0.3) is 0 Å². The summed E-state index contributed by atoms with van der Waals surface area (Å²) in [6.07, 6.45) is -5.91. The minimum Gasteiger partial charge on any atom is -0.493 e. The van der Waals surface area contributed by atoms with Gasteiger partial charge in [-0.1, -0.05) is 0 Å². The Labute approximate surface area is 219 Å². The summed E-state index contributed by atoms with van der Waals surface area (Å²) >= 11 is 0. The molecule has 1 aliphatic carbocycles. The van der Waals surface area contributed by atoms with Gasteiger partial charge in [-0.05, 0) is 32.0 Å². The Hall–Kier alpha value is -3.35. The van der Waals surface area contributed by atoms with Gasteiger partial charge in [0.05, 0.1) is 37.4 Å². The third-order valence-corrected chi connectivity index (χ3v) is 6.54. The van der Waals surface area contributed by atoms with Crippen molar-refractivity contribution in [3.8, 4) is 11.5 Å². The Balaban J connectivity index is 1.69. The Kier molecular flexibility index (Phi) is 7.58. The fourth-order valence-corrected chi connectivity index (χ4v) is 4.88. The van der Waals surface area contributed by atoms with Crippen LogP contribution < -0.4 is 14.8 Å². The molecule has 1 aliphatic rings. The van der Waals surface area contributed by atoms with Crippen molar-refractivity contribution in [3.63, 3.8) is 0 Å². The van der Waals surface area contributed by atoms with Gasteiger partial charge in [0.2, 0.25) is 5.92 Å². The number of methoxy groups -OCH3 is 2. The van der Waals surface area contributed by atoms with Crippen molar-refractivity contribution in [3.05, 3.63) is 52.9 Å². The first kappa shape index (κ1) is 28.7. The number of fused-ring (bicyclic) bond motifs is 1. The summed E-state index contributed by atoms with van der Waals surface area (Å²) in [5.74, 6) is -4.85. The molecule has 1 aromatic heterocycles. The van der Waals surface area contributed by atoms with Crippen LogP contribution in [0.25, 0.3) is 10.9 Å². The number of nitrogens with zero attached hydrogens (tertiary/aromatic N) is 2. The zero-order valence-electron chi connectivity index (χ0n) is 21.5. The first-order chi connectivity index (χ1) is 18.2. The number of rotatable bonds is 9. The van der Waals surface area contributed by atoms with Crippen LogP contribution in [-0.4, -0.2) is 43.3 Å². The predicted molar refractivity (Wildman–Crippen MR) is 128 cm³/mol. The molecule has 0 unspecified atom stereocenters. The van der Waals surface area contributed by atoms with Gasteiger partial charge in [-0.3, -0.25) is 0 Å². The largest absolute Gasteiger partial charge is 0.493 e. The zero-order valence-corrected chi connectivity index (χ0v) is 21.5. The highest BCUT2D eigenvalue weighted by atomic mass is 19.4. The van der Waals surface area contributed by atoms with E-state index in [1.54, 1.807) is 6.92 Å². The van der Waals surface area contributed by atoms with Gasteiger partial charge in [0.1, 0.15) is 23.3 Å². The molecule has 1 saturated carbocycles. The Bertz CT molecular complexity index is 1370. The number of ether oxygens (including phenoxy) is 3. The van der Waals surface area contributed by atoms with Gasteiger partial charge in [-0.25, -0.2) is 27.5 Å². The predicted octanol–water partition coefficient (Wildman–Crippen LogP) is 6.86. The maximum Gasteiger partial charge on any atom is 0.419 e. The quantitative estimate of drug-likeness (QED) is 0.288. The summed E-state index contributed by atoms with van der Waals surface area (Å²) in [5.41, 5.74) is -2.81. The zero-order chi connectivity index (χ0) is 28.8. The first-order valence-corrected chi connectivity index (χ1v) is 11.9. The van der Waals surface area contributed by atoms with Crippen molar-refractivity contribution >= 4 is 16.7 Å². The van der Waals surface area contributed by atoms with E-state index in [1.165, 1.54) is 33.3 Å². The van der Waals surface area contributed by atoms with Crippen molar-refractivity contribution < 1.29 is 44.9 Å². The molecule has 1 fully saturated rings. The summed E-state index contributed by atoms with van der Waals surface area (Å²) in [6, 6.07) is 2.65. The van der Waals surface area contributed by atoms with E-state index in [9.17, 15) is 30.7 Å². The number of benzene rings is 2. The first-order valence-electron chi connectivity index (χ1n) is 11.9. The summed E-state index contributed by atoms with van der Waals surface area (Å²) < 4.78 is 112. The molecule has 4 rings (SSSR count). The number of halogens is 7. The van der Waals surface area contributed by atoms with Gasteiger partial charge in [0, 0.05) is 42.4 Å². The normalized spacial score (nSPS) is 17.0. The lowest BCUT2D eigenvalue weighted by Crippen LogP contribution is -2.52. The number of nitrogens with one attached hydrogen (secondary N) is 1. The number of alkyl halides is 5. The van der Waals surface area contributed by atoms with Crippen LogP contribution in [0, 0.1) is 24.0 Å². The summed E-state index contributed by atoms with van der Waals surface area (Å²) in [6.45, 7) is 2.89. The van der Waals surface area contributed by atoms with Gasteiger partial charge in [-0.15, -0.1) is 0 Å². The van der Waals surface area contributed by atoms with Gasteiger partial charge >= 0.3 is 6.18 Å². The third kappa shape index (κ3) is 5.97. The topological polar surface area (TPSA) is 65.5 Å². The molecule has 13 heteroatoms. The van der Waals surface area contributed by atoms with Crippen molar-refractivity contribution in [2.24, 2.45) is 5.41 Å². The highest BCUT2D eigenvalue weighted by Gasteiger charge is 2.57. The number of aryl methyl sites for hydroxylation is 1. The summed E-state index contributed by atoms with van der Waals surface area (Å²) in [4.78, 5) is 8.64. The number of hydrogen-bond donors (Lipinski definition) is 1. The van der Waals surface area contributed by atoms with E-state index in [2.05, 4.69) is 15.3 Å². The van der Waals surface area contributed by atoms with Crippen LogP contribution in [0.4, 0.5) is 36.6 Å². The van der Waals surface area contributed by atoms with Crippen LogP contribution in [0.3, 0.4) is 0 Å². The number of anilines is 1. The van der Waals surface area contributed by atoms with Gasteiger partial charge in [0.15, 0.2) is 11.5 Å². The average Bonchev–Trinajstić information content (AvgIpc) is 2.81. The lowest BCUT2D eigenvalue weighted by molar-refractivity contribution is -0.190. The second-order valence-corrected chi connectivity index (χ2v) is 9.79. The maximum atomic E-state index is 14.8. The Morgan fingerprint density at radius 2 is 1.69 bits per heavy atom. The molecule has 0 radical (unpaired) electrons. The van der Waals surface area contributed by atoms with Crippen LogP contribution in [0.2, 0.25) is 0 Å². The van der Waals surface area contributed by atoms with Crippen molar-refractivity contribution in [2.45, 2.75) is 44.8 Å². The van der Waals surface area contributed by atoms with E-state index in [1.807, 2.05) is 0 Å². The van der Waals surface area contributed by atoms with E-state index in [0.717, 1.165) is 0 Å². The molecule has 0 bridgehead atoms. The van der Waals surface area contributed by atoms with E-state index < -0.39 is 59.2 Å². The minimum atomic E-state index is -5.09. The smallest absolute Gasteiger partial charge is 0.419 e. The van der Waals surface area contributed by atoms with Crippen LogP contribution in [0.1, 0.15) is 42.8 Å². The lowest BCUT2D eigenvalue weighted by atomic mass is 9.67.